The zero-order valence-electron chi connectivity index (χ0n) is 15.7. The average molecular weight is 382 g/mol. The van der Waals surface area contributed by atoms with E-state index in [4.69, 9.17) is 0 Å². The summed E-state index contributed by atoms with van der Waals surface area (Å²) >= 11 is 1.79. The van der Waals surface area contributed by atoms with Gasteiger partial charge in [-0.1, -0.05) is 24.3 Å². The lowest BCUT2D eigenvalue weighted by Gasteiger charge is -2.20. The molecule has 1 amide bonds. The van der Waals surface area contributed by atoms with E-state index < -0.39 is 0 Å². The van der Waals surface area contributed by atoms with Gasteiger partial charge >= 0.3 is 0 Å². The fraction of sp³-hybridized carbons (Fsp3) is 0.333. The predicted molar refractivity (Wildman–Crippen MR) is 109 cm³/mol. The van der Waals surface area contributed by atoms with Gasteiger partial charge in [0.25, 0.3) is 5.91 Å². The first-order valence-electron chi connectivity index (χ1n) is 9.43. The summed E-state index contributed by atoms with van der Waals surface area (Å²) in [5.41, 5.74) is 3.63. The van der Waals surface area contributed by atoms with Gasteiger partial charge in [0.15, 0.2) is 6.54 Å². The largest absolute Gasteiger partial charge is 0.320 e. The van der Waals surface area contributed by atoms with Gasteiger partial charge in [-0.15, -0.1) is 11.3 Å². The standard InChI is InChI=1S/C21H24N4OS/c1-15-21(16(2)25(23-15)17-8-4-3-5-9-17)22-20(26)14-24-12-6-10-18(24)19-11-7-13-27-19/h3-5,7-9,11,13,18H,6,10,12,14H2,1-2H3,(H,22,26)/p+1/t18-/m1/s1. The number of hydrogen-bond acceptors (Lipinski definition) is 3. The molecular weight excluding hydrogens is 356 g/mol. The number of carbonyl (C=O) groups is 1. The fourth-order valence-electron chi connectivity index (χ4n) is 3.99. The zero-order chi connectivity index (χ0) is 18.8. The number of nitrogens with zero attached hydrogens (tertiary/aromatic N) is 2. The number of benzene rings is 1. The highest BCUT2D eigenvalue weighted by Gasteiger charge is 2.32. The molecule has 27 heavy (non-hydrogen) atoms. The normalized spacial score (nSPS) is 19.3. The summed E-state index contributed by atoms with van der Waals surface area (Å²) in [6, 6.07) is 14.7. The molecule has 140 valence electrons. The maximum absolute atomic E-state index is 12.8. The summed E-state index contributed by atoms with van der Waals surface area (Å²) in [7, 11) is 0. The number of quaternary nitrogens is 1. The van der Waals surface area contributed by atoms with Crippen LogP contribution in [0.15, 0.2) is 47.8 Å². The predicted octanol–water partition coefficient (Wildman–Crippen LogP) is 2.91. The Morgan fingerprint density at radius 1 is 1.26 bits per heavy atom. The molecule has 6 heteroatoms. The number of amides is 1. The Bertz CT molecular complexity index is 917. The number of anilines is 1. The van der Waals surface area contributed by atoms with Gasteiger partial charge in [0.05, 0.1) is 34.2 Å². The smallest absolute Gasteiger partial charge is 0.279 e. The summed E-state index contributed by atoms with van der Waals surface area (Å²) in [4.78, 5) is 15.5. The summed E-state index contributed by atoms with van der Waals surface area (Å²) < 4.78 is 1.89. The van der Waals surface area contributed by atoms with Crippen LogP contribution in [-0.2, 0) is 4.79 Å². The quantitative estimate of drug-likeness (QED) is 0.714. The van der Waals surface area contributed by atoms with Gasteiger partial charge in [-0.3, -0.25) is 4.79 Å². The van der Waals surface area contributed by atoms with Crippen molar-refractivity contribution in [2.75, 3.05) is 18.4 Å². The molecule has 2 atom stereocenters. The first-order chi connectivity index (χ1) is 13.1. The van der Waals surface area contributed by atoms with Crippen LogP contribution in [0.25, 0.3) is 5.69 Å². The maximum Gasteiger partial charge on any atom is 0.279 e. The van der Waals surface area contributed by atoms with Crippen molar-refractivity contribution in [2.45, 2.75) is 32.7 Å². The molecule has 1 aliphatic heterocycles. The molecule has 0 bridgehead atoms. The molecule has 1 aromatic carbocycles. The van der Waals surface area contributed by atoms with Crippen LogP contribution in [-0.4, -0.2) is 28.8 Å². The van der Waals surface area contributed by atoms with Crippen molar-refractivity contribution < 1.29 is 9.69 Å². The number of carbonyl (C=O) groups excluding carboxylic acids is 1. The number of thiophene rings is 1. The third kappa shape index (κ3) is 3.68. The minimum atomic E-state index is 0.0623. The Labute approximate surface area is 163 Å². The van der Waals surface area contributed by atoms with E-state index >= 15 is 0 Å². The lowest BCUT2D eigenvalue weighted by atomic mass is 10.2. The topological polar surface area (TPSA) is 51.4 Å². The molecule has 5 nitrogen and oxygen atoms in total. The fourth-order valence-corrected chi connectivity index (χ4v) is 4.91. The van der Waals surface area contributed by atoms with E-state index in [1.807, 2.05) is 48.9 Å². The average Bonchev–Trinajstić information content (AvgIpc) is 3.40. The molecule has 0 saturated carbocycles. The number of hydrogen-bond donors (Lipinski definition) is 2. The van der Waals surface area contributed by atoms with E-state index in [0.717, 1.165) is 35.7 Å². The van der Waals surface area contributed by atoms with Crippen molar-refractivity contribution in [3.63, 3.8) is 0 Å². The molecule has 0 radical (unpaired) electrons. The van der Waals surface area contributed by atoms with E-state index in [2.05, 4.69) is 27.9 Å². The second-order valence-electron chi connectivity index (χ2n) is 7.14. The maximum atomic E-state index is 12.8. The highest BCUT2D eigenvalue weighted by atomic mass is 32.1. The first kappa shape index (κ1) is 17.9. The van der Waals surface area contributed by atoms with E-state index in [-0.39, 0.29) is 5.91 Å². The van der Waals surface area contributed by atoms with E-state index in [9.17, 15) is 4.79 Å². The number of aromatic nitrogens is 2. The summed E-state index contributed by atoms with van der Waals surface area (Å²) in [5.74, 6) is 0.0623. The van der Waals surface area contributed by atoms with Crippen molar-refractivity contribution in [2.24, 2.45) is 0 Å². The summed E-state index contributed by atoms with van der Waals surface area (Å²) in [6.45, 7) is 5.49. The number of rotatable bonds is 5. The van der Waals surface area contributed by atoms with Crippen LogP contribution in [0.1, 0.15) is 35.1 Å². The van der Waals surface area contributed by atoms with Crippen molar-refractivity contribution >= 4 is 22.9 Å². The Balaban J connectivity index is 1.48. The minimum absolute atomic E-state index is 0.0623. The summed E-state index contributed by atoms with van der Waals surface area (Å²) in [6.07, 6.45) is 2.34. The molecule has 0 aliphatic carbocycles. The Hall–Kier alpha value is -2.44. The monoisotopic (exact) mass is 381 g/mol. The van der Waals surface area contributed by atoms with Crippen molar-refractivity contribution in [3.05, 3.63) is 64.1 Å². The van der Waals surface area contributed by atoms with Crippen molar-refractivity contribution in [1.29, 1.82) is 0 Å². The van der Waals surface area contributed by atoms with Crippen LogP contribution in [0.3, 0.4) is 0 Å². The van der Waals surface area contributed by atoms with Crippen molar-refractivity contribution in [1.82, 2.24) is 9.78 Å². The molecule has 3 heterocycles. The molecule has 0 spiro atoms. The van der Waals surface area contributed by atoms with Gasteiger partial charge in [-0.25, -0.2) is 4.68 Å². The second-order valence-corrected chi connectivity index (χ2v) is 8.12. The second kappa shape index (κ2) is 7.66. The zero-order valence-corrected chi connectivity index (χ0v) is 16.6. The lowest BCUT2D eigenvalue weighted by molar-refractivity contribution is -0.910. The first-order valence-corrected chi connectivity index (χ1v) is 10.3. The van der Waals surface area contributed by atoms with Gasteiger partial charge < -0.3 is 10.2 Å². The minimum Gasteiger partial charge on any atom is -0.320 e. The highest BCUT2D eigenvalue weighted by Crippen LogP contribution is 2.24. The van der Waals surface area contributed by atoms with Crippen LogP contribution in [0.5, 0.6) is 0 Å². The Morgan fingerprint density at radius 3 is 2.81 bits per heavy atom. The number of nitrogens with one attached hydrogen (secondary N) is 2. The van der Waals surface area contributed by atoms with Crippen LogP contribution in [0, 0.1) is 13.8 Å². The highest BCUT2D eigenvalue weighted by molar-refractivity contribution is 7.10. The molecule has 1 saturated heterocycles. The van der Waals surface area contributed by atoms with E-state index in [1.165, 1.54) is 16.2 Å². The van der Waals surface area contributed by atoms with E-state index in [0.29, 0.717) is 12.6 Å². The number of aryl methyl sites for hydroxylation is 1. The molecule has 3 aromatic rings. The lowest BCUT2D eigenvalue weighted by Crippen LogP contribution is -3.11. The van der Waals surface area contributed by atoms with Gasteiger partial charge in [-0.2, -0.15) is 5.10 Å². The molecule has 4 rings (SSSR count). The third-order valence-corrected chi connectivity index (χ3v) is 6.30. The third-order valence-electron chi connectivity index (χ3n) is 5.31. The Morgan fingerprint density at radius 2 is 2.07 bits per heavy atom. The van der Waals surface area contributed by atoms with Gasteiger partial charge in [0.2, 0.25) is 0 Å². The summed E-state index contributed by atoms with van der Waals surface area (Å²) in [5, 5.41) is 9.86. The van der Waals surface area contributed by atoms with Crippen LogP contribution >= 0.6 is 11.3 Å². The molecule has 1 aliphatic rings. The molecule has 1 fully saturated rings. The van der Waals surface area contributed by atoms with Crippen LogP contribution in [0.4, 0.5) is 5.69 Å². The van der Waals surface area contributed by atoms with Crippen LogP contribution in [0.2, 0.25) is 0 Å². The van der Waals surface area contributed by atoms with Crippen molar-refractivity contribution in [3.8, 4) is 5.69 Å². The molecule has 2 aromatic heterocycles. The molecule has 2 N–H and O–H groups in total. The van der Waals surface area contributed by atoms with Gasteiger partial charge in [0, 0.05) is 12.8 Å². The van der Waals surface area contributed by atoms with Crippen LogP contribution < -0.4 is 10.2 Å². The number of likely N-dealkylation sites (tertiary alicyclic amines) is 1. The van der Waals surface area contributed by atoms with Gasteiger partial charge in [0.1, 0.15) is 6.04 Å². The molecular formula is C21H25N4OS+. The SMILES string of the molecule is Cc1nn(-c2ccccc2)c(C)c1NC(=O)C[NH+]1CCC[C@@H]1c1cccs1. The van der Waals surface area contributed by atoms with E-state index in [1.54, 1.807) is 11.3 Å². The molecule has 1 unspecified atom stereocenters. The Kier molecular flexibility index (Phi) is 5.09. The number of para-hydroxylation sites is 1. The van der Waals surface area contributed by atoms with Gasteiger partial charge in [-0.05, 0) is 37.4 Å².